The van der Waals surface area contributed by atoms with Crippen molar-refractivity contribution in [3.8, 4) is 11.4 Å². The van der Waals surface area contributed by atoms with Gasteiger partial charge in [-0.2, -0.15) is 13.2 Å². The van der Waals surface area contributed by atoms with Gasteiger partial charge in [0.25, 0.3) is 5.56 Å². The number of benzene rings is 2. The van der Waals surface area contributed by atoms with E-state index in [1.54, 1.807) is 24.3 Å². The maximum Gasteiger partial charge on any atom is 0.417 e. The van der Waals surface area contributed by atoms with E-state index >= 15 is 0 Å². The number of thiophene rings is 1. The average Bonchev–Trinajstić information content (AvgIpc) is 3.20. The standard InChI is InChI=1S/C26H21Cl2F3N2O2S2/c1-14-6-8-16-21(12-14)37-23-22(16)24(34)33(15-7-9-18(27)17(13-15)26(29,30)31)25(32-23)36-11-10-35-20-5-3-2-4-19(20)28/h2-5,7,9,13-14H,6,8,10-12H2,1H3. The van der Waals surface area contributed by atoms with Crippen LogP contribution in [0.4, 0.5) is 13.2 Å². The molecule has 194 valence electrons. The molecule has 0 fully saturated rings. The van der Waals surface area contributed by atoms with Gasteiger partial charge in [0.1, 0.15) is 10.6 Å². The molecule has 1 aliphatic carbocycles. The van der Waals surface area contributed by atoms with Crippen molar-refractivity contribution in [2.75, 3.05) is 12.4 Å². The summed E-state index contributed by atoms with van der Waals surface area (Å²) in [6.45, 7) is 2.43. The van der Waals surface area contributed by atoms with Crippen LogP contribution in [0, 0.1) is 5.92 Å². The van der Waals surface area contributed by atoms with Gasteiger partial charge in [-0.05, 0) is 61.1 Å². The zero-order valence-corrected chi connectivity index (χ0v) is 22.7. The summed E-state index contributed by atoms with van der Waals surface area (Å²) in [7, 11) is 0. The number of thioether (sulfide) groups is 1. The molecular formula is C26H21Cl2F3N2O2S2. The lowest BCUT2D eigenvalue weighted by Gasteiger charge is -2.18. The Hall–Kier alpha value is -2.20. The summed E-state index contributed by atoms with van der Waals surface area (Å²) < 4.78 is 47.9. The highest BCUT2D eigenvalue weighted by molar-refractivity contribution is 7.99. The fraction of sp³-hybridized carbons (Fsp3) is 0.308. The van der Waals surface area contributed by atoms with Crippen LogP contribution in [0.25, 0.3) is 15.9 Å². The summed E-state index contributed by atoms with van der Waals surface area (Å²) in [6.07, 6.45) is -2.10. The number of hydrogen-bond donors (Lipinski definition) is 0. The molecule has 4 aromatic rings. The highest BCUT2D eigenvalue weighted by Gasteiger charge is 2.34. The number of aromatic nitrogens is 2. The predicted molar refractivity (Wildman–Crippen MR) is 144 cm³/mol. The number of ether oxygens (including phenoxy) is 1. The van der Waals surface area contributed by atoms with Crippen molar-refractivity contribution in [3.63, 3.8) is 0 Å². The van der Waals surface area contributed by atoms with Crippen LogP contribution in [-0.4, -0.2) is 21.9 Å². The van der Waals surface area contributed by atoms with Gasteiger partial charge in [-0.1, -0.05) is 54.0 Å². The lowest BCUT2D eigenvalue weighted by Crippen LogP contribution is -2.23. The molecule has 0 saturated heterocycles. The number of para-hydroxylation sites is 1. The number of fused-ring (bicyclic) bond motifs is 3. The number of nitrogens with zero attached hydrogens (tertiary/aromatic N) is 2. The number of alkyl halides is 3. The lowest BCUT2D eigenvalue weighted by molar-refractivity contribution is -0.137. The Kier molecular flexibility index (Phi) is 7.51. The molecule has 11 heteroatoms. The van der Waals surface area contributed by atoms with Gasteiger partial charge in [-0.25, -0.2) is 4.98 Å². The van der Waals surface area contributed by atoms with E-state index in [1.165, 1.54) is 33.7 Å². The molecule has 0 aliphatic heterocycles. The van der Waals surface area contributed by atoms with Crippen LogP contribution in [0.15, 0.2) is 52.4 Å². The van der Waals surface area contributed by atoms with Gasteiger partial charge in [0.15, 0.2) is 5.16 Å². The van der Waals surface area contributed by atoms with Crippen LogP contribution < -0.4 is 10.3 Å². The molecule has 0 bridgehead atoms. The smallest absolute Gasteiger partial charge is 0.417 e. The molecular weight excluding hydrogens is 564 g/mol. The lowest BCUT2D eigenvalue weighted by atomic mass is 9.89. The summed E-state index contributed by atoms with van der Waals surface area (Å²) in [5, 5.41) is 0.834. The zero-order chi connectivity index (χ0) is 26.3. The second-order valence-electron chi connectivity index (χ2n) is 8.86. The molecule has 1 unspecified atom stereocenters. The number of halogens is 5. The molecule has 0 saturated carbocycles. The predicted octanol–water partition coefficient (Wildman–Crippen LogP) is 8.07. The van der Waals surface area contributed by atoms with E-state index in [2.05, 4.69) is 6.92 Å². The summed E-state index contributed by atoms with van der Waals surface area (Å²) >= 11 is 14.7. The maximum atomic E-state index is 13.9. The van der Waals surface area contributed by atoms with Crippen molar-refractivity contribution >= 4 is 56.5 Å². The molecule has 5 rings (SSSR count). The average molecular weight is 586 g/mol. The molecule has 1 atom stereocenters. The first-order chi connectivity index (χ1) is 17.6. The third kappa shape index (κ3) is 5.37. The van der Waals surface area contributed by atoms with Crippen LogP contribution in [0.5, 0.6) is 5.75 Å². The second kappa shape index (κ2) is 10.5. The molecule has 1 aliphatic rings. The number of hydrogen-bond acceptors (Lipinski definition) is 5. The van der Waals surface area contributed by atoms with Crippen molar-refractivity contribution in [1.82, 2.24) is 9.55 Å². The van der Waals surface area contributed by atoms with Crippen LogP contribution in [0.2, 0.25) is 10.0 Å². The number of rotatable bonds is 6. The third-order valence-electron chi connectivity index (χ3n) is 6.22. The second-order valence-corrected chi connectivity index (χ2v) is 11.8. The molecule has 0 radical (unpaired) electrons. The summed E-state index contributed by atoms with van der Waals surface area (Å²) in [5.41, 5.74) is -0.345. The van der Waals surface area contributed by atoms with Crippen molar-refractivity contribution in [2.24, 2.45) is 5.92 Å². The van der Waals surface area contributed by atoms with E-state index in [-0.39, 0.29) is 17.9 Å². The van der Waals surface area contributed by atoms with Gasteiger partial charge < -0.3 is 4.74 Å². The zero-order valence-electron chi connectivity index (χ0n) is 19.6. The molecule has 0 amide bonds. The van der Waals surface area contributed by atoms with Gasteiger partial charge in [0.2, 0.25) is 0 Å². The Morgan fingerprint density at radius 2 is 1.97 bits per heavy atom. The Morgan fingerprint density at radius 1 is 1.19 bits per heavy atom. The Balaban J connectivity index is 1.57. The van der Waals surface area contributed by atoms with Gasteiger partial charge in [0.05, 0.1) is 33.3 Å². The Morgan fingerprint density at radius 3 is 2.73 bits per heavy atom. The van der Waals surface area contributed by atoms with Gasteiger partial charge >= 0.3 is 6.18 Å². The first-order valence-electron chi connectivity index (χ1n) is 11.6. The fourth-order valence-electron chi connectivity index (χ4n) is 4.41. The topological polar surface area (TPSA) is 44.1 Å². The van der Waals surface area contributed by atoms with Crippen LogP contribution in [0.3, 0.4) is 0 Å². The fourth-order valence-corrected chi connectivity index (χ4v) is 7.08. The van der Waals surface area contributed by atoms with Crippen LogP contribution in [-0.2, 0) is 19.0 Å². The maximum absolute atomic E-state index is 13.9. The first-order valence-corrected chi connectivity index (χ1v) is 14.1. The van der Waals surface area contributed by atoms with Gasteiger partial charge in [0, 0.05) is 10.6 Å². The highest BCUT2D eigenvalue weighted by Crippen LogP contribution is 2.39. The summed E-state index contributed by atoms with van der Waals surface area (Å²) in [5.74, 6) is 1.42. The number of aryl methyl sites for hydroxylation is 1. The summed E-state index contributed by atoms with van der Waals surface area (Å²) in [6, 6.07) is 10.5. The van der Waals surface area contributed by atoms with Crippen molar-refractivity contribution < 1.29 is 17.9 Å². The van der Waals surface area contributed by atoms with Crippen LogP contribution >= 0.6 is 46.3 Å². The van der Waals surface area contributed by atoms with Gasteiger partial charge in [-0.3, -0.25) is 9.36 Å². The largest absolute Gasteiger partial charge is 0.491 e. The van der Waals surface area contributed by atoms with Crippen molar-refractivity contribution in [2.45, 2.75) is 37.5 Å². The normalized spacial score (nSPS) is 15.7. The SMILES string of the molecule is CC1CCc2c(sc3nc(SCCOc4ccccc4Cl)n(-c4ccc(Cl)c(C(F)(F)F)c4)c(=O)c23)C1. The monoisotopic (exact) mass is 584 g/mol. The van der Waals surface area contributed by atoms with E-state index in [0.29, 0.717) is 37.8 Å². The van der Waals surface area contributed by atoms with Crippen LogP contribution in [0.1, 0.15) is 29.3 Å². The van der Waals surface area contributed by atoms with Crippen molar-refractivity contribution in [1.29, 1.82) is 0 Å². The minimum absolute atomic E-state index is 0.0646. The molecule has 37 heavy (non-hydrogen) atoms. The minimum atomic E-state index is -4.66. The molecule has 2 heterocycles. The van der Waals surface area contributed by atoms with E-state index in [1.807, 2.05) is 0 Å². The van der Waals surface area contributed by atoms with Gasteiger partial charge in [-0.15, -0.1) is 11.3 Å². The van der Waals surface area contributed by atoms with E-state index in [0.717, 1.165) is 41.8 Å². The molecule has 2 aromatic carbocycles. The Bertz CT molecular complexity index is 1540. The first kappa shape index (κ1) is 26.4. The van der Waals surface area contributed by atoms with E-state index in [4.69, 9.17) is 32.9 Å². The highest BCUT2D eigenvalue weighted by atomic mass is 35.5. The third-order valence-corrected chi connectivity index (χ3v) is 8.91. The molecule has 2 aromatic heterocycles. The molecule has 0 spiro atoms. The van der Waals surface area contributed by atoms with E-state index in [9.17, 15) is 18.0 Å². The van der Waals surface area contributed by atoms with E-state index < -0.39 is 16.8 Å². The Labute approximate surface area is 229 Å². The molecule has 4 nitrogen and oxygen atoms in total. The minimum Gasteiger partial charge on any atom is -0.491 e. The van der Waals surface area contributed by atoms with Crippen molar-refractivity contribution in [3.05, 3.63) is 78.9 Å². The molecule has 0 N–H and O–H groups in total. The quantitative estimate of drug-likeness (QED) is 0.130. The summed E-state index contributed by atoms with van der Waals surface area (Å²) in [4.78, 5) is 20.4.